The highest BCUT2D eigenvalue weighted by Gasteiger charge is 2.31. The molecule has 4 aromatic heterocycles. The lowest BCUT2D eigenvalue weighted by Crippen LogP contribution is -2.41. The minimum absolute atomic E-state index is 0. The van der Waals surface area contributed by atoms with E-state index in [9.17, 15) is 22.8 Å². The van der Waals surface area contributed by atoms with Crippen molar-refractivity contribution in [3.8, 4) is 11.3 Å². The molecule has 2 aliphatic heterocycles. The van der Waals surface area contributed by atoms with Crippen LogP contribution in [-0.2, 0) is 9.59 Å². The number of halogens is 5. The average molecular weight is 1140 g/mol. The molecule has 0 saturated carbocycles. The van der Waals surface area contributed by atoms with Crippen LogP contribution in [0.1, 0.15) is 25.8 Å². The minimum Gasteiger partial charge on any atom is -0.423 e. The zero-order chi connectivity index (χ0) is 51.4. The average Bonchev–Trinajstić information content (AvgIpc) is 4.19. The summed E-state index contributed by atoms with van der Waals surface area (Å²) in [5.74, 6) is -1.02. The molecule has 10 rings (SSSR count). The Hall–Kier alpha value is -6.50. The second-order valence-electron chi connectivity index (χ2n) is 15.7. The van der Waals surface area contributed by atoms with Gasteiger partial charge in [-0.2, -0.15) is 5.10 Å². The predicted octanol–water partition coefficient (Wildman–Crippen LogP) is 6.53. The van der Waals surface area contributed by atoms with Gasteiger partial charge >= 0.3 is 14.2 Å². The lowest BCUT2D eigenvalue weighted by Gasteiger charge is -2.28. The minimum atomic E-state index is -1.51. The fourth-order valence-electron chi connectivity index (χ4n) is 7.00. The lowest BCUT2D eigenvalue weighted by molar-refractivity contribution is -0.132. The molecule has 0 bridgehead atoms. The highest BCUT2D eigenvalue weighted by Crippen LogP contribution is 2.29. The Kier molecular flexibility index (Phi) is 23.0. The topological polar surface area (TPSA) is 227 Å². The Bertz CT molecular complexity index is 2940. The quantitative estimate of drug-likeness (QED) is 0.0892. The van der Waals surface area contributed by atoms with Gasteiger partial charge in [0.1, 0.15) is 35.8 Å². The van der Waals surface area contributed by atoms with Gasteiger partial charge in [0.25, 0.3) is 0 Å². The van der Waals surface area contributed by atoms with Gasteiger partial charge in [0, 0.05) is 82.6 Å². The Morgan fingerprint density at radius 2 is 1.37 bits per heavy atom. The number of benzene rings is 4. The third-order valence-electron chi connectivity index (χ3n) is 10.7. The monoisotopic (exact) mass is 1140 g/mol. The number of thiazole rings is 1. The van der Waals surface area contributed by atoms with Crippen molar-refractivity contribution in [1.29, 1.82) is 0 Å². The molecule has 0 radical (unpaired) electrons. The predicted molar refractivity (Wildman–Crippen MR) is 285 cm³/mol. The summed E-state index contributed by atoms with van der Waals surface area (Å²) in [5.41, 5.74) is 5.79. The summed E-state index contributed by atoms with van der Waals surface area (Å²) in [6.45, 7) is 2.72. The SMILES string of the molecule is Brc1nccs1.C.Fc1ccc(Br)cc1.O=C(Nc1ccc2[nH]nc(-c3cncnc3)c2c1)[C@@H]1CCN(CC(=O)N2CC=C(c3ccc(F)cc3)CC2)C1.OB(O)c1ccc(F)cc1.OB(O)c1cncnc1. The van der Waals surface area contributed by atoms with E-state index in [1.54, 1.807) is 54.2 Å². The molecule has 73 heavy (non-hydrogen) atoms. The molecule has 1 saturated heterocycles. The van der Waals surface area contributed by atoms with Crippen molar-refractivity contribution in [3.05, 3.63) is 177 Å². The molecule has 2 amide bonds. The van der Waals surface area contributed by atoms with E-state index in [2.05, 4.69) is 77.2 Å². The summed E-state index contributed by atoms with van der Waals surface area (Å²) in [5, 5.41) is 47.3. The molecule has 16 nitrogen and oxygen atoms in total. The van der Waals surface area contributed by atoms with Gasteiger partial charge in [0.15, 0.2) is 3.92 Å². The summed E-state index contributed by atoms with van der Waals surface area (Å²) in [6, 6.07) is 23.2. The van der Waals surface area contributed by atoms with Crippen LogP contribution in [0.5, 0.6) is 0 Å². The zero-order valence-electron chi connectivity index (χ0n) is 38.0. The van der Waals surface area contributed by atoms with E-state index in [1.807, 2.05) is 34.6 Å². The van der Waals surface area contributed by atoms with Gasteiger partial charge in [0.05, 0.1) is 18.0 Å². The van der Waals surface area contributed by atoms with Gasteiger partial charge < -0.3 is 30.3 Å². The molecule has 4 aromatic carbocycles. The van der Waals surface area contributed by atoms with E-state index in [1.165, 1.54) is 73.6 Å². The lowest BCUT2D eigenvalue weighted by atomic mass is 9.80. The number of H-pyrrole nitrogens is 1. The number of carbonyl (C=O) groups is 2. The maximum absolute atomic E-state index is 13.2. The van der Waals surface area contributed by atoms with Gasteiger partial charge in [-0.1, -0.05) is 53.7 Å². The normalized spacial score (nSPS) is 13.7. The molecule has 0 spiro atoms. The maximum Gasteiger partial charge on any atom is 0.491 e. The Morgan fingerprint density at radius 3 is 1.89 bits per heavy atom. The molecule has 0 aliphatic carbocycles. The first-order chi connectivity index (χ1) is 34.7. The van der Waals surface area contributed by atoms with Crippen molar-refractivity contribution in [3.63, 3.8) is 0 Å². The van der Waals surface area contributed by atoms with Gasteiger partial charge in [-0.15, -0.1) is 11.3 Å². The molecule has 1 fully saturated rings. The van der Waals surface area contributed by atoms with E-state index in [0.717, 1.165) is 48.1 Å². The molecular weight excluding hydrogens is 1100 g/mol. The number of nitrogens with zero attached hydrogens (tertiary/aromatic N) is 8. The van der Waals surface area contributed by atoms with E-state index >= 15 is 0 Å². The van der Waals surface area contributed by atoms with Gasteiger partial charge in [-0.25, -0.2) is 38.1 Å². The number of amides is 2. The fraction of sp³-hybridized carbons (Fsp3) is 0.184. The third-order valence-corrected chi connectivity index (χ3v) is 12.5. The molecule has 378 valence electrons. The second-order valence-corrected chi connectivity index (χ2v) is 18.8. The number of likely N-dealkylation sites (tertiary alicyclic amines) is 1. The highest BCUT2D eigenvalue weighted by molar-refractivity contribution is 9.11. The largest absolute Gasteiger partial charge is 0.491 e. The van der Waals surface area contributed by atoms with E-state index in [4.69, 9.17) is 20.1 Å². The van der Waals surface area contributed by atoms with Gasteiger partial charge in [-0.3, -0.25) is 19.6 Å². The summed E-state index contributed by atoms with van der Waals surface area (Å²) in [6.07, 6.45) is 14.1. The Balaban J connectivity index is 0.000000232. The van der Waals surface area contributed by atoms with Crippen molar-refractivity contribution in [2.24, 2.45) is 5.92 Å². The van der Waals surface area contributed by atoms with Crippen LogP contribution in [-0.4, -0.2) is 124 Å². The number of rotatable bonds is 8. The number of fused-ring (bicyclic) bond motifs is 1. The summed E-state index contributed by atoms with van der Waals surface area (Å²) >= 11 is 7.95. The molecular formula is C49H49B2Br2F3N10O6S. The van der Waals surface area contributed by atoms with Crippen molar-refractivity contribution < 1.29 is 42.9 Å². The van der Waals surface area contributed by atoms with Crippen LogP contribution >= 0.6 is 43.2 Å². The number of nitrogens with one attached hydrogen (secondary N) is 2. The smallest absolute Gasteiger partial charge is 0.423 e. The standard InChI is InChI=1S/C29H28FN7O2.C6H6BFO2.C6H4BrF.C4H5BN2O2.C3H2BrNS.CH4/c30-23-3-1-19(2-4-23)20-8-11-37(12-9-20)27(38)17-36-10-7-21(16-36)29(39)33-24-5-6-26-25(13-24)28(35-34-26)22-14-31-18-32-15-22;8-6-3-1-5(2-4-6)7(9)10;7-5-1-3-6(8)4-2-5;8-5(9)4-1-6-3-7-2-4;4-3-5-1-2-6-3;/h1-6,8,13-15,18,21H,7,9-12,16-17H2,(H,33,39)(H,34,35);1-4,9-10H;1-4H;1-3,8-9H;1-2H;1H4/t21-;;;;;/m1...../s1. The molecule has 0 unspecified atom stereocenters. The van der Waals surface area contributed by atoms with Crippen molar-refractivity contribution >= 4 is 102 Å². The Morgan fingerprint density at radius 1 is 0.767 bits per heavy atom. The first-order valence-electron chi connectivity index (χ1n) is 21.9. The van der Waals surface area contributed by atoms with Crippen LogP contribution in [0.15, 0.2) is 154 Å². The van der Waals surface area contributed by atoms with E-state index in [-0.39, 0.29) is 42.6 Å². The molecule has 6 heterocycles. The molecule has 24 heteroatoms. The van der Waals surface area contributed by atoms with E-state index < -0.39 is 14.2 Å². The second kappa shape index (κ2) is 29.3. The van der Waals surface area contributed by atoms with Crippen LogP contribution in [0.25, 0.3) is 27.7 Å². The number of aromatic nitrogens is 7. The van der Waals surface area contributed by atoms with Crippen LogP contribution < -0.4 is 16.2 Å². The van der Waals surface area contributed by atoms with Crippen LogP contribution in [0.4, 0.5) is 18.9 Å². The molecule has 1 atom stereocenters. The first kappa shape index (κ1) is 57.4. The Labute approximate surface area is 440 Å². The number of carbonyl (C=O) groups excluding carboxylic acids is 2. The van der Waals surface area contributed by atoms with Crippen LogP contribution in [0.3, 0.4) is 0 Å². The highest BCUT2D eigenvalue weighted by atomic mass is 79.9. The van der Waals surface area contributed by atoms with E-state index in [0.29, 0.717) is 55.8 Å². The fourth-order valence-corrected chi connectivity index (χ4v) is 8.06. The molecule has 2 aliphatic rings. The van der Waals surface area contributed by atoms with Crippen molar-refractivity contribution in [2.45, 2.75) is 20.3 Å². The van der Waals surface area contributed by atoms with Crippen molar-refractivity contribution in [1.82, 2.24) is 44.9 Å². The number of aromatic amines is 1. The maximum atomic E-state index is 13.2. The molecule has 8 aromatic rings. The van der Waals surface area contributed by atoms with Gasteiger partial charge in [-0.05, 0) is 119 Å². The summed E-state index contributed by atoms with van der Waals surface area (Å²) in [4.78, 5) is 49.0. The van der Waals surface area contributed by atoms with Crippen LogP contribution in [0.2, 0.25) is 0 Å². The van der Waals surface area contributed by atoms with Gasteiger partial charge in [0.2, 0.25) is 11.8 Å². The molecule has 6 N–H and O–H groups in total. The summed E-state index contributed by atoms with van der Waals surface area (Å²) in [7, 11) is -2.98. The number of hydrogen-bond acceptors (Lipinski definition) is 14. The number of anilines is 1. The zero-order valence-corrected chi connectivity index (χ0v) is 42.0. The number of hydrogen-bond donors (Lipinski definition) is 6. The van der Waals surface area contributed by atoms with Crippen LogP contribution in [0, 0.1) is 23.4 Å². The van der Waals surface area contributed by atoms with Crippen molar-refractivity contribution in [2.75, 3.05) is 38.0 Å². The third kappa shape index (κ3) is 18.5. The summed E-state index contributed by atoms with van der Waals surface area (Å²) < 4.78 is 39.3. The first-order valence-corrected chi connectivity index (χ1v) is 24.4.